The van der Waals surface area contributed by atoms with E-state index >= 15 is 0 Å². The van der Waals surface area contributed by atoms with Crippen LogP contribution in [0.5, 0.6) is 11.5 Å². The summed E-state index contributed by atoms with van der Waals surface area (Å²) in [5.74, 6) is 1.52. The van der Waals surface area contributed by atoms with Gasteiger partial charge in [0.15, 0.2) is 5.58 Å². The summed E-state index contributed by atoms with van der Waals surface area (Å²) in [6.45, 7) is 0. The third-order valence-corrected chi connectivity index (χ3v) is 5.16. The van der Waals surface area contributed by atoms with Crippen molar-refractivity contribution in [2.75, 3.05) is 28.3 Å². The van der Waals surface area contributed by atoms with E-state index in [1.165, 1.54) is 4.90 Å². The summed E-state index contributed by atoms with van der Waals surface area (Å²) in [7, 11) is 6.52. The molecule has 0 saturated carbocycles. The molecule has 0 fully saturated rings. The largest absolute Gasteiger partial charge is 0.497 e. The zero-order chi connectivity index (χ0) is 22.8. The number of aromatic nitrogens is 1. The van der Waals surface area contributed by atoms with Gasteiger partial charge in [0.05, 0.1) is 31.4 Å². The van der Waals surface area contributed by atoms with Gasteiger partial charge in [0.2, 0.25) is 0 Å². The van der Waals surface area contributed by atoms with E-state index in [1.807, 2.05) is 6.07 Å². The molecule has 0 aliphatic heterocycles. The molecular weight excluding hydrogens is 406 g/mol. The number of benzene rings is 2. The molecule has 7 heteroatoms. The molecule has 4 aromatic rings. The Bertz CT molecular complexity index is 1370. The predicted octanol–water partition coefficient (Wildman–Crippen LogP) is 4.75. The van der Waals surface area contributed by atoms with Gasteiger partial charge >= 0.3 is 0 Å². The number of hydrogen-bond donors (Lipinski definition) is 0. The topological polar surface area (TPSA) is 88.6 Å². The minimum atomic E-state index is -0.170. The fourth-order valence-corrected chi connectivity index (χ4v) is 3.55. The van der Waals surface area contributed by atoms with Crippen LogP contribution in [-0.2, 0) is 0 Å². The summed E-state index contributed by atoms with van der Waals surface area (Å²) in [4.78, 5) is 18.8. The Morgan fingerprint density at radius 1 is 1.00 bits per heavy atom. The zero-order valence-corrected chi connectivity index (χ0v) is 18.2. The van der Waals surface area contributed by atoms with Crippen LogP contribution < -0.4 is 9.47 Å². The van der Waals surface area contributed by atoms with Gasteiger partial charge in [0, 0.05) is 43.0 Å². The van der Waals surface area contributed by atoms with E-state index in [2.05, 4.69) is 11.1 Å². The molecule has 0 aliphatic carbocycles. The summed E-state index contributed by atoms with van der Waals surface area (Å²) in [6, 6.07) is 16.2. The second-order valence-electron chi connectivity index (χ2n) is 7.32. The van der Waals surface area contributed by atoms with Crippen molar-refractivity contribution in [2.24, 2.45) is 0 Å². The third-order valence-electron chi connectivity index (χ3n) is 5.16. The Morgan fingerprint density at radius 3 is 2.50 bits per heavy atom. The Kier molecular flexibility index (Phi) is 5.52. The van der Waals surface area contributed by atoms with E-state index in [-0.39, 0.29) is 5.91 Å². The minimum Gasteiger partial charge on any atom is -0.497 e. The highest BCUT2D eigenvalue weighted by atomic mass is 16.5. The number of methoxy groups -OCH3 is 2. The van der Waals surface area contributed by atoms with E-state index in [9.17, 15) is 10.1 Å². The fourth-order valence-electron chi connectivity index (χ4n) is 3.55. The van der Waals surface area contributed by atoms with Crippen molar-refractivity contribution in [1.29, 1.82) is 5.26 Å². The predicted molar refractivity (Wildman–Crippen MR) is 121 cm³/mol. The Morgan fingerprint density at radius 2 is 1.81 bits per heavy atom. The Balaban J connectivity index is 1.93. The number of hydrogen-bond acceptors (Lipinski definition) is 6. The molecule has 0 aliphatic rings. The van der Waals surface area contributed by atoms with Gasteiger partial charge in [-0.2, -0.15) is 5.26 Å². The lowest BCUT2D eigenvalue weighted by atomic mass is 10.0. The molecule has 2 heterocycles. The number of rotatable bonds is 5. The number of fused-ring (bicyclic) bond motifs is 1. The standard InChI is InChI=1S/C25H21N3O4/c1-28(2)25(29)20-12-16(30-3)6-7-17(20)23-13-21-24(32-23)18(9-10-27-21)19-11-15(14-26)5-8-22(19)31-4/h5-13H,1-4H3. The van der Waals surface area contributed by atoms with Crippen LogP contribution in [0.3, 0.4) is 0 Å². The van der Waals surface area contributed by atoms with Crippen molar-refractivity contribution >= 4 is 17.0 Å². The number of furan rings is 1. The normalized spacial score (nSPS) is 10.6. The molecule has 160 valence electrons. The van der Waals surface area contributed by atoms with Crippen LogP contribution in [0.15, 0.2) is 59.1 Å². The second-order valence-corrected chi connectivity index (χ2v) is 7.32. The van der Waals surface area contributed by atoms with Gasteiger partial charge in [-0.3, -0.25) is 9.78 Å². The summed E-state index contributed by atoms with van der Waals surface area (Å²) in [5.41, 5.74) is 4.22. The van der Waals surface area contributed by atoms with Crippen LogP contribution in [0.25, 0.3) is 33.6 Å². The van der Waals surface area contributed by atoms with Crippen LogP contribution >= 0.6 is 0 Å². The summed E-state index contributed by atoms with van der Waals surface area (Å²) >= 11 is 0. The minimum absolute atomic E-state index is 0.170. The Hall–Kier alpha value is -4.31. The summed E-state index contributed by atoms with van der Waals surface area (Å²) < 4.78 is 17.1. The molecule has 0 atom stereocenters. The van der Waals surface area contributed by atoms with Gasteiger partial charge in [-0.15, -0.1) is 0 Å². The molecule has 1 amide bonds. The van der Waals surface area contributed by atoms with E-state index in [0.29, 0.717) is 45.0 Å². The highest BCUT2D eigenvalue weighted by molar-refractivity contribution is 6.02. The molecule has 32 heavy (non-hydrogen) atoms. The number of carbonyl (C=O) groups is 1. The molecule has 2 aromatic carbocycles. The number of nitriles is 1. The number of ether oxygens (including phenoxy) is 2. The van der Waals surface area contributed by atoms with E-state index < -0.39 is 0 Å². The van der Waals surface area contributed by atoms with Gasteiger partial charge in [0.25, 0.3) is 5.91 Å². The summed E-state index contributed by atoms with van der Waals surface area (Å²) in [5, 5.41) is 9.34. The van der Waals surface area contributed by atoms with Gasteiger partial charge in [-0.05, 0) is 42.5 Å². The lowest BCUT2D eigenvalue weighted by Crippen LogP contribution is -2.22. The number of pyridine rings is 1. The van der Waals surface area contributed by atoms with E-state index in [0.717, 1.165) is 11.1 Å². The molecule has 0 bridgehead atoms. The van der Waals surface area contributed by atoms with Gasteiger partial charge in [0.1, 0.15) is 22.8 Å². The first-order valence-corrected chi connectivity index (χ1v) is 9.84. The highest BCUT2D eigenvalue weighted by Gasteiger charge is 2.21. The van der Waals surface area contributed by atoms with Crippen LogP contribution in [0.2, 0.25) is 0 Å². The zero-order valence-electron chi connectivity index (χ0n) is 18.2. The maximum atomic E-state index is 12.8. The van der Waals surface area contributed by atoms with Crippen molar-refractivity contribution in [3.8, 4) is 40.0 Å². The van der Waals surface area contributed by atoms with Crippen molar-refractivity contribution in [2.45, 2.75) is 0 Å². The first kappa shape index (κ1) is 20.9. The molecule has 2 aromatic heterocycles. The average molecular weight is 427 g/mol. The lowest BCUT2D eigenvalue weighted by molar-refractivity contribution is 0.0828. The first-order valence-electron chi connectivity index (χ1n) is 9.84. The quantitative estimate of drug-likeness (QED) is 0.457. The van der Waals surface area contributed by atoms with E-state index in [4.69, 9.17) is 13.9 Å². The number of amides is 1. The lowest BCUT2D eigenvalue weighted by Gasteiger charge is -2.14. The maximum Gasteiger partial charge on any atom is 0.254 e. The first-order chi connectivity index (χ1) is 15.5. The van der Waals surface area contributed by atoms with Crippen molar-refractivity contribution in [1.82, 2.24) is 9.88 Å². The average Bonchev–Trinajstić information content (AvgIpc) is 3.26. The maximum absolute atomic E-state index is 12.8. The molecule has 0 spiro atoms. The van der Waals surface area contributed by atoms with Crippen molar-refractivity contribution in [3.63, 3.8) is 0 Å². The third kappa shape index (κ3) is 3.63. The molecule has 0 saturated heterocycles. The van der Waals surface area contributed by atoms with Crippen LogP contribution in [0.4, 0.5) is 0 Å². The molecule has 0 N–H and O–H groups in total. The molecule has 4 rings (SSSR count). The van der Waals surface area contributed by atoms with Crippen molar-refractivity contribution < 1.29 is 18.7 Å². The molecular formula is C25H21N3O4. The van der Waals surface area contributed by atoms with Crippen LogP contribution in [-0.4, -0.2) is 44.1 Å². The van der Waals surface area contributed by atoms with E-state index in [1.54, 1.807) is 77.0 Å². The number of carbonyl (C=O) groups excluding carboxylic acids is 1. The monoisotopic (exact) mass is 427 g/mol. The Labute approximate surface area is 185 Å². The smallest absolute Gasteiger partial charge is 0.254 e. The van der Waals surface area contributed by atoms with Gasteiger partial charge < -0.3 is 18.8 Å². The van der Waals surface area contributed by atoms with Gasteiger partial charge in [-0.25, -0.2) is 0 Å². The van der Waals surface area contributed by atoms with Crippen molar-refractivity contribution in [3.05, 3.63) is 65.9 Å². The van der Waals surface area contributed by atoms with Crippen LogP contribution in [0.1, 0.15) is 15.9 Å². The number of nitrogens with zero attached hydrogens (tertiary/aromatic N) is 3. The molecule has 0 unspecified atom stereocenters. The highest BCUT2D eigenvalue weighted by Crippen LogP contribution is 2.39. The SMILES string of the molecule is COc1ccc(-c2cc3nccc(-c4cc(C#N)ccc4OC)c3o2)c(C(=O)N(C)C)c1. The van der Waals surface area contributed by atoms with Gasteiger partial charge in [-0.1, -0.05) is 0 Å². The second kappa shape index (κ2) is 8.44. The molecule has 0 radical (unpaired) electrons. The fraction of sp³-hybridized carbons (Fsp3) is 0.160. The molecule has 7 nitrogen and oxygen atoms in total. The van der Waals surface area contributed by atoms with Crippen LogP contribution in [0, 0.1) is 11.3 Å². The summed E-state index contributed by atoms with van der Waals surface area (Å²) in [6.07, 6.45) is 1.68.